The zero-order valence-electron chi connectivity index (χ0n) is 32.7. The van der Waals surface area contributed by atoms with Gasteiger partial charge in [-0.1, -0.05) is 170 Å². The largest absolute Gasteiger partial charge is 0.456 e. The molecule has 0 atom stereocenters. The van der Waals surface area contributed by atoms with Crippen LogP contribution in [0.1, 0.15) is 22.3 Å². The summed E-state index contributed by atoms with van der Waals surface area (Å²) in [4.78, 5) is 0. The van der Waals surface area contributed by atoms with Crippen LogP contribution in [0, 0.1) is 0 Å². The molecule has 0 saturated heterocycles. The van der Waals surface area contributed by atoms with Crippen molar-refractivity contribution >= 4 is 65.0 Å². The number of furan rings is 1. The van der Waals surface area contributed by atoms with Crippen molar-refractivity contribution in [3.05, 3.63) is 241 Å². The van der Waals surface area contributed by atoms with Crippen LogP contribution in [0.25, 0.3) is 98.4 Å². The van der Waals surface area contributed by atoms with Crippen LogP contribution in [-0.4, -0.2) is 0 Å². The molecule has 1 heterocycles. The van der Waals surface area contributed by atoms with Gasteiger partial charge in [-0.15, -0.1) is 0 Å². The van der Waals surface area contributed by atoms with E-state index in [1.165, 1.54) is 93.2 Å². The summed E-state index contributed by atoms with van der Waals surface area (Å²) in [6, 6.07) is 81.0. The predicted octanol–water partition coefficient (Wildman–Crippen LogP) is 15.9. The Bertz CT molecular complexity index is 3660. The lowest BCUT2D eigenvalue weighted by Gasteiger charge is -2.34. The summed E-state index contributed by atoms with van der Waals surface area (Å²) < 4.78 is 6.61. The topological polar surface area (TPSA) is 13.1 Å². The summed E-state index contributed by atoms with van der Waals surface area (Å²) in [6.45, 7) is 0. The molecule has 278 valence electrons. The highest BCUT2D eigenvalue weighted by molar-refractivity contribution is 6.21. The normalized spacial score (nSPS) is 13.1. The summed E-state index contributed by atoms with van der Waals surface area (Å²) in [5.41, 5.74) is 13.5. The fourth-order valence-electron chi connectivity index (χ4n) is 10.7. The number of benzene rings is 11. The first-order valence-corrected chi connectivity index (χ1v) is 20.8. The lowest BCUT2D eigenvalue weighted by Crippen LogP contribution is -2.28. The fraction of sp³-hybridized carbons (Fsp3) is 0.0169. The molecule has 13 rings (SSSR count). The van der Waals surface area contributed by atoms with Gasteiger partial charge in [0.2, 0.25) is 0 Å². The average molecular weight is 761 g/mol. The molecular weight excluding hydrogens is 725 g/mol. The van der Waals surface area contributed by atoms with Gasteiger partial charge in [0.25, 0.3) is 0 Å². The van der Waals surface area contributed by atoms with Gasteiger partial charge in [-0.25, -0.2) is 0 Å². The van der Waals surface area contributed by atoms with Crippen molar-refractivity contribution in [1.82, 2.24) is 0 Å². The third-order valence-corrected chi connectivity index (χ3v) is 13.3. The lowest BCUT2D eigenvalue weighted by atomic mass is 9.67. The zero-order valence-corrected chi connectivity index (χ0v) is 32.7. The molecule has 0 aliphatic heterocycles. The maximum Gasteiger partial charge on any atom is 0.136 e. The second-order valence-electron chi connectivity index (χ2n) is 16.3. The molecule has 11 aromatic carbocycles. The number of hydrogen-bond acceptors (Lipinski definition) is 1. The molecule has 1 heteroatoms. The van der Waals surface area contributed by atoms with Crippen LogP contribution in [0.15, 0.2) is 223 Å². The Kier molecular flexibility index (Phi) is 7.00. The van der Waals surface area contributed by atoms with E-state index in [1.54, 1.807) is 0 Å². The highest BCUT2D eigenvalue weighted by atomic mass is 16.3. The Morgan fingerprint density at radius 3 is 1.65 bits per heavy atom. The van der Waals surface area contributed by atoms with Gasteiger partial charge in [-0.2, -0.15) is 0 Å². The van der Waals surface area contributed by atoms with Crippen molar-refractivity contribution in [2.45, 2.75) is 5.41 Å². The Morgan fingerprint density at radius 1 is 0.283 bits per heavy atom. The quantitative estimate of drug-likeness (QED) is 0.129. The van der Waals surface area contributed by atoms with Crippen LogP contribution in [-0.2, 0) is 5.41 Å². The highest BCUT2D eigenvalue weighted by Gasteiger charge is 2.47. The molecule has 12 aromatic rings. The molecule has 0 N–H and O–H groups in total. The van der Waals surface area contributed by atoms with Crippen LogP contribution in [0.4, 0.5) is 0 Å². The first-order valence-electron chi connectivity index (χ1n) is 20.8. The molecule has 0 fully saturated rings. The Hall–Kier alpha value is -7.74. The van der Waals surface area contributed by atoms with Crippen LogP contribution in [0.3, 0.4) is 0 Å². The second kappa shape index (κ2) is 12.6. The van der Waals surface area contributed by atoms with E-state index in [1.807, 2.05) is 6.07 Å². The summed E-state index contributed by atoms with van der Waals surface area (Å²) in [5, 5.41) is 12.2. The van der Waals surface area contributed by atoms with Crippen LogP contribution < -0.4 is 0 Å². The zero-order chi connectivity index (χ0) is 39.4. The van der Waals surface area contributed by atoms with Gasteiger partial charge < -0.3 is 4.42 Å². The van der Waals surface area contributed by atoms with E-state index in [-0.39, 0.29) is 0 Å². The standard InChI is InChI=1S/C59H36O/c1-3-19-43(20-4-1)59(44-21-5-2-6-22-44)53-34-39-17-8-7-16-38(39)31-52(53)58-50(41-28-29-48-47-25-13-14-26-55(47)60-56(48)36-41)33-42(35-54(58)59)57-46-24-12-10-18-40(46)32-51-45-23-11-9-15-37(45)27-30-49(51)57/h1-36H. The number of rotatable bonds is 4. The minimum absolute atomic E-state index is 0.613. The van der Waals surface area contributed by atoms with Gasteiger partial charge in [0.05, 0.1) is 5.41 Å². The number of para-hydroxylation sites is 1. The van der Waals surface area contributed by atoms with E-state index < -0.39 is 5.41 Å². The van der Waals surface area contributed by atoms with Gasteiger partial charge in [0.1, 0.15) is 11.2 Å². The van der Waals surface area contributed by atoms with Gasteiger partial charge in [-0.3, -0.25) is 0 Å². The minimum atomic E-state index is -0.613. The van der Waals surface area contributed by atoms with Crippen molar-refractivity contribution < 1.29 is 4.42 Å². The average Bonchev–Trinajstić information content (AvgIpc) is 3.83. The molecule has 1 aromatic heterocycles. The van der Waals surface area contributed by atoms with Crippen molar-refractivity contribution in [2.24, 2.45) is 0 Å². The monoisotopic (exact) mass is 760 g/mol. The molecule has 0 radical (unpaired) electrons. The van der Waals surface area contributed by atoms with Crippen molar-refractivity contribution in [2.75, 3.05) is 0 Å². The maximum atomic E-state index is 6.61. The lowest BCUT2D eigenvalue weighted by molar-refractivity contribution is 0.669. The van der Waals surface area contributed by atoms with E-state index in [9.17, 15) is 0 Å². The third kappa shape index (κ3) is 4.63. The van der Waals surface area contributed by atoms with Gasteiger partial charge >= 0.3 is 0 Å². The molecule has 1 aliphatic carbocycles. The number of fused-ring (bicyclic) bond motifs is 11. The van der Waals surface area contributed by atoms with E-state index in [0.717, 1.165) is 27.5 Å². The fourth-order valence-corrected chi connectivity index (χ4v) is 10.7. The molecule has 0 saturated carbocycles. The van der Waals surface area contributed by atoms with Gasteiger partial charge in [-0.05, 0) is 147 Å². The molecule has 1 aliphatic rings. The van der Waals surface area contributed by atoms with Crippen LogP contribution in [0.5, 0.6) is 0 Å². The summed E-state index contributed by atoms with van der Waals surface area (Å²) in [5.74, 6) is 0. The van der Waals surface area contributed by atoms with Crippen LogP contribution in [0.2, 0.25) is 0 Å². The van der Waals surface area contributed by atoms with Crippen molar-refractivity contribution in [3.8, 4) is 33.4 Å². The van der Waals surface area contributed by atoms with E-state index in [0.29, 0.717) is 0 Å². The van der Waals surface area contributed by atoms with E-state index in [4.69, 9.17) is 4.42 Å². The Labute approximate surface area is 347 Å². The summed E-state index contributed by atoms with van der Waals surface area (Å²) in [7, 11) is 0. The molecule has 0 bridgehead atoms. The summed E-state index contributed by atoms with van der Waals surface area (Å²) >= 11 is 0. The molecular formula is C59H36O. The van der Waals surface area contributed by atoms with Crippen molar-refractivity contribution in [1.29, 1.82) is 0 Å². The van der Waals surface area contributed by atoms with E-state index in [2.05, 4.69) is 212 Å². The molecule has 1 nitrogen and oxygen atoms in total. The second-order valence-corrected chi connectivity index (χ2v) is 16.3. The Morgan fingerprint density at radius 2 is 0.883 bits per heavy atom. The minimum Gasteiger partial charge on any atom is -0.456 e. The van der Waals surface area contributed by atoms with Crippen molar-refractivity contribution in [3.63, 3.8) is 0 Å². The molecule has 60 heavy (non-hydrogen) atoms. The highest BCUT2D eigenvalue weighted by Crippen LogP contribution is 2.60. The molecule has 0 amide bonds. The summed E-state index contributed by atoms with van der Waals surface area (Å²) in [6.07, 6.45) is 0. The predicted molar refractivity (Wildman–Crippen MR) is 252 cm³/mol. The Balaban J connectivity index is 1.24. The maximum absolute atomic E-state index is 6.61. The molecule has 0 unspecified atom stereocenters. The third-order valence-electron chi connectivity index (χ3n) is 13.3. The SMILES string of the molecule is c1ccc(C2(c3ccccc3)c3cc4ccccc4cc3-c3c(-c4ccc5c(c4)oc4ccccc45)cc(-c4c5ccccc5cc5c4ccc4ccccc45)cc32)cc1. The van der Waals surface area contributed by atoms with Crippen LogP contribution >= 0.6 is 0 Å². The first kappa shape index (κ1) is 33.3. The molecule has 0 spiro atoms. The first-order chi connectivity index (χ1) is 29.7. The van der Waals surface area contributed by atoms with Gasteiger partial charge in [0, 0.05) is 10.8 Å². The van der Waals surface area contributed by atoms with E-state index >= 15 is 0 Å². The number of hydrogen-bond donors (Lipinski definition) is 0. The van der Waals surface area contributed by atoms with Gasteiger partial charge in [0.15, 0.2) is 0 Å². The smallest absolute Gasteiger partial charge is 0.136 e.